The van der Waals surface area contributed by atoms with E-state index in [1.807, 2.05) is 12.1 Å². The summed E-state index contributed by atoms with van der Waals surface area (Å²) in [4.78, 5) is 35.6. The third-order valence-electron chi connectivity index (χ3n) is 4.95. The molecular formula is C23H23FN4O2S2. The number of hydrogen-bond donors (Lipinski definition) is 1. The second-order valence-electron chi connectivity index (χ2n) is 7.87. The Balaban J connectivity index is 1.69. The van der Waals surface area contributed by atoms with Gasteiger partial charge in [-0.3, -0.25) is 14.2 Å². The average molecular weight is 471 g/mol. The van der Waals surface area contributed by atoms with Gasteiger partial charge in [-0.05, 0) is 42.2 Å². The normalized spacial score (nSPS) is 11.5. The third kappa shape index (κ3) is 4.99. The molecule has 9 heteroatoms. The Morgan fingerprint density at radius 3 is 2.78 bits per heavy atom. The van der Waals surface area contributed by atoms with Crippen molar-refractivity contribution >= 4 is 49.4 Å². The minimum absolute atomic E-state index is 0.102. The van der Waals surface area contributed by atoms with Gasteiger partial charge in [0.05, 0.1) is 17.8 Å². The molecule has 1 N–H and O–H groups in total. The summed E-state index contributed by atoms with van der Waals surface area (Å²) in [6, 6.07) is 9.73. The summed E-state index contributed by atoms with van der Waals surface area (Å²) in [5.41, 5.74) is 1.18. The van der Waals surface area contributed by atoms with Gasteiger partial charge < -0.3 is 5.32 Å². The van der Waals surface area contributed by atoms with Crippen molar-refractivity contribution in [1.82, 2.24) is 19.9 Å². The number of thioether (sulfide) groups is 1. The first-order valence-electron chi connectivity index (χ1n) is 10.3. The van der Waals surface area contributed by atoms with E-state index in [0.717, 1.165) is 22.2 Å². The first kappa shape index (κ1) is 22.4. The lowest BCUT2D eigenvalue weighted by Gasteiger charge is -2.12. The first-order chi connectivity index (χ1) is 15.4. The number of thiophene rings is 1. The van der Waals surface area contributed by atoms with Gasteiger partial charge in [0.15, 0.2) is 5.16 Å². The van der Waals surface area contributed by atoms with Crippen LogP contribution in [0.15, 0.2) is 52.5 Å². The fraction of sp³-hybridized carbons (Fsp3) is 0.304. The zero-order valence-electron chi connectivity index (χ0n) is 17.8. The summed E-state index contributed by atoms with van der Waals surface area (Å²) in [6.45, 7) is 5.07. The Labute approximate surface area is 192 Å². The molecule has 6 nitrogen and oxygen atoms in total. The molecule has 166 valence electrons. The summed E-state index contributed by atoms with van der Waals surface area (Å²) in [5.74, 6) is 0.223. The number of benzene rings is 1. The Kier molecular flexibility index (Phi) is 6.86. The summed E-state index contributed by atoms with van der Waals surface area (Å²) in [6.07, 6.45) is 2.59. The van der Waals surface area contributed by atoms with Crippen molar-refractivity contribution < 1.29 is 9.18 Å². The standard InChI is InChI=1S/C23H23FN4O2S2/c1-14(2)9-11-25-18(29)13-31-23-27-19-17-4-3-10-26-21(17)32-20(19)22(30)28(23)12-15-5-7-16(24)8-6-15/h3-8,10,14H,9,11-13H2,1-2H3,(H,25,29). The van der Waals surface area contributed by atoms with E-state index in [0.29, 0.717) is 27.8 Å². The van der Waals surface area contributed by atoms with Crippen LogP contribution in [0, 0.1) is 11.7 Å². The predicted octanol–water partition coefficient (Wildman–Crippen LogP) is 4.45. The van der Waals surface area contributed by atoms with Crippen molar-refractivity contribution in [3.8, 4) is 0 Å². The van der Waals surface area contributed by atoms with Crippen LogP contribution in [0.1, 0.15) is 25.8 Å². The molecule has 0 saturated carbocycles. The smallest absolute Gasteiger partial charge is 0.272 e. The maximum atomic E-state index is 13.4. The lowest BCUT2D eigenvalue weighted by Crippen LogP contribution is -2.28. The van der Waals surface area contributed by atoms with E-state index in [9.17, 15) is 14.0 Å². The fourth-order valence-electron chi connectivity index (χ4n) is 3.24. The molecule has 0 bridgehead atoms. The van der Waals surface area contributed by atoms with Crippen molar-refractivity contribution in [2.24, 2.45) is 5.92 Å². The van der Waals surface area contributed by atoms with Crippen molar-refractivity contribution in [3.05, 3.63) is 64.3 Å². The monoisotopic (exact) mass is 470 g/mol. The lowest BCUT2D eigenvalue weighted by molar-refractivity contribution is -0.118. The van der Waals surface area contributed by atoms with Crippen LogP contribution in [-0.4, -0.2) is 32.7 Å². The molecule has 0 fully saturated rings. The Bertz CT molecular complexity index is 1320. The number of amides is 1. The largest absolute Gasteiger partial charge is 0.355 e. The van der Waals surface area contributed by atoms with E-state index < -0.39 is 0 Å². The van der Waals surface area contributed by atoms with Crippen molar-refractivity contribution in [3.63, 3.8) is 0 Å². The number of halogens is 1. The number of pyridine rings is 1. The number of carbonyl (C=O) groups is 1. The highest BCUT2D eigenvalue weighted by atomic mass is 32.2. The summed E-state index contributed by atoms with van der Waals surface area (Å²) in [7, 11) is 0. The van der Waals surface area contributed by atoms with E-state index in [-0.39, 0.29) is 29.6 Å². The molecule has 0 saturated heterocycles. The number of nitrogens with zero attached hydrogens (tertiary/aromatic N) is 3. The Hall–Kier alpha value is -2.78. The first-order valence-corrected chi connectivity index (χ1v) is 12.1. The SMILES string of the molecule is CC(C)CCNC(=O)CSc1nc2c(sc3ncccc32)c(=O)n1Cc1ccc(F)cc1. The molecule has 0 radical (unpaired) electrons. The van der Waals surface area contributed by atoms with Gasteiger partial charge >= 0.3 is 0 Å². The van der Waals surface area contributed by atoms with E-state index in [2.05, 4.69) is 24.1 Å². The van der Waals surface area contributed by atoms with Gasteiger partial charge in [0, 0.05) is 18.1 Å². The van der Waals surface area contributed by atoms with Gasteiger partial charge in [0.2, 0.25) is 5.91 Å². The van der Waals surface area contributed by atoms with Gasteiger partial charge in [-0.2, -0.15) is 0 Å². The molecule has 1 amide bonds. The second kappa shape index (κ2) is 9.79. The highest BCUT2D eigenvalue weighted by Gasteiger charge is 2.18. The number of nitrogens with one attached hydrogen (secondary N) is 1. The number of rotatable bonds is 8. The van der Waals surface area contributed by atoms with Crippen molar-refractivity contribution in [1.29, 1.82) is 0 Å². The second-order valence-corrected chi connectivity index (χ2v) is 9.81. The van der Waals surface area contributed by atoms with Crippen LogP contribution < -0.4 is 10.9 Å². The van der Waals surface area contributed by atoms with Gasteiger partial charge in [0.1, 0.15) is 15.3 Å². The molecule has 0 spiro atoms. The molecule has 3 aromatic heterocycles. The quantitative estimate of drug-likeness (QED) is 0.304. The average Bonchev–Trinajstić information content (AvgIpc) is 3.14. The zero-order valence-corrected chi connectivity index (χ0v) is 19.4. The molecule has 0 unspecified atom stereocenters. The zero-order chi connectivity index (χ0) is 22.7. The summed E-state index contributed by atoms with van der Waals surface area (Å²) < 4.78 is 15.4. The topological polar surface area (TPSA) is 76.9 Å². The molecule has 0 atom stereocenters. The molecule has 0 aliphatic rings. The number of hydrogen-bond acceptors (Lipinski definition) is 6. The van der Waals surface area contributed by atoms with E-state index in [1.54, 1.807) is 22.9 Å². The van der Waals surface area contributed by atoms with Crippen LogP contribution in [0.4, 0.5) is 4.39 Å². The Morgan fingerprint density at radius 2 is 2.03 bits per heavy atom. The lowest BCUT2D eigenvalue weighted by atomic mass is 10.1. The molecule has 0 aliphatic heterocycles. The highest BCUT2D eigenvalue weighted by Crippen LogP contribution is 2.30. The van der Waals surface area contributed by atoms with Crippen molar-refractivity contribution in [2.45, 2.75) is 32.0 Å². The molecule has 1 aromatic carbocycles. The number of aromatic nitrogens is 3. The molecule has 3 heterocycles. The Morgan fingerprint density at radius 1 is 1.25 bits per heavy atom. The minimum atomic E-state index is -0.335. The van der Waals surface area contributed by atoms with Gasteiger partial charge in [0.25, 0.3) is 5.56 Å². The minimum Gasteiger partial charge on any atom is -0.355 e. The van der Waals surface area contributed by atoms with Crippen LogP contribution in [-0.2, 0) is 11.3 Å². The highest BCUT2D eigenvalue weighted by molar-refractivity contribution is 7.99. The maximum Gasteiger partial charge on any atom is 0.272 e. The number of fused-ring (bicyclic) bond motifs is 3. The third-order valence-corrected chi connectivity index (χ3v) is 7.02. The molecular weight excluding hydrogens is 447 g/mol. The van der Waals surface area contributed by atoms with Crippen LogP contribution in [0.5, 0.6) is 0 Å². The van der Waals surface area contributed by atoms with Gasteiger partial charge in [-0.25, -0.2) is 14.4 Å². The van der Waals surface area contributed by atoms with E-state index in [1.165, 1.54) is 35.2 Å². The van der Waals surface area contributed by atoms with Crippen LogP contribution >= 0.6 is 23.1 Å². The fourth-order valence-corrected chi connectivity index (χ4v) is 5.10. The molecule has 4 aromatic rings. The molecule has 4 rings (SSSR count). The summed E-state index contributed by atoms with van der Waals surface area (Å²) in [5, 5.41) is 4.19. The van der Waals surface area contributed by atoms with Crippen LogP contribution in [0.25, 0.3) is 20.4 Å². The van der Waals surface area contributed by atoms with Gasteiger partial charge in [-0.1, -0.05) is 37.7 Å². The summed E-state index contributed by atoms with van der Waals surface area (Å²) >= 11 is 2.53. The molecule has 0 aliphatic carbocycles. The maximum absolute atomic E-state index is 13.4. The van der Waals surface area contributed by atoms with E-state index >= 15 is 0 Å². The van der Waals surface area contributed by atoms with E-state index in [4.69, 9.17) is 4.98 Å². The number of carbonyl (C=O) groups excluding carboxylic acids is 1. The van der Waals surface area contributed by atoms with Crippen molar-refractivity contribution in [2.75, 3.05) is 12.3 Å². The van der Waals surface area contributed by atoms with Crippen LogP contribution in [0.2, 0.25) is 0 Å². The van der Waals surface area contributed by atoms with Gasteiger partial charge in [-0.15, -0.1) is 11.3 Å². The predicted molar refractivity (Wildman–Crippen MR) is 128 cm³/mol. The molecule has 32 heavy (non-hydrogen) atoms. The van der Waals surface area contributed by atoms with Crippen LogP contribution in [0.3, 0.4) is 0 Å².